The SMILES string of the molecule is CC(NCC1CC1)(C(=O)O)c1ccc(F)cc1F. The van der Waals surface area contributed by atoms with Gasteiger partial charge in [-0.1, -0.05) is 6.07 Å². The highest BCUT2D eigenvalue weighted by atomic mass is 19.1. The number of rotatable bonds is 5. The molecule has 0 heterocycles. The predicted molar refractivity (Wildman–Crippen MR) is 62.1 cm³/mol. The standard InChI is InChI=1S/C13H15F2NO2/c1-13(12(17)18,16-7-8-2-3-8)10-5-4-9(14)6-11(10)15/h4-6,8,16H,2-3,7H2,1H3,(H,17,18). The quantitative estimate of drug-likeness (QED) is 0.848. The van der Waals surface area contributed by atoms with Gasteiger partial charge in [0, 0.05) is 11.6 Å². The van der Waals surface area contributed by atoms with Crippen molar-refractivity contribution in [1.29, 1.82) is 0 Å². The number of hydrogen-bond donors (Lipinski definition) is 2. The van der Waals surface area contributed by atoms with Crippen molar-refractivity contribution in [2.24, 2.45) is 5.92 Å². The van der Waals surface area contributed by atoms with Crippen molar-refractivity contribution < 1.29 is 18.7 Å². The molecule has 5 heteroatoms. The Kier molecular flexibility index (Phi) is 3.34. The van der Waals surface area contributed by atoms with Gasteiger partial charge in [0.15, 0.2) is 0 Å². The lowest BCUT2D eigenvalue weighted by Gasteiger charge is -2.27. The summed E-state index contributed by atoms with van der Waals surface area (Å²) in [6, 6.07) is 2.95. The van der Waals surface area contributed by atoms with Crippen molar-refractivity contribution in [3.63, 3.8) is 0 Å². The van der Waals surface area contributed by atoms with E-state index in [1.807, 2.05) is 0 Å². The molecule has 1 atom stereocenters. The molecule has 1 aliphatic rings. The van der Waals surface area contributed by atoms with Crippen LogP contribution in [0.4, 0.5) is 8.78 Å². The molecular weight excluding hydrogens is 240 g/mol. The molecule has 0 aliphatic heterocycles. The van der Waals surface area contributed by atoms with E-state index in [0.717, 1.165) is 18.9 Å². The molecule has 98 valence electrons. The first-order chi connectivity index (χ1) is 8.43. The third-order valence-corrected chi connectivity index (χ3v) is 3.34. The predicted octanol–water partition coefficient (Wildman–Crippen LogP) is 2.26. The molecule has 1 aromatic rings. The van der Waals surface area contributed by atoms with E-state index in [2.05, 4.69) is 5.32 Å². The summed E-state index contributed by atoms with van der Waals surface area (Å²) in [5.74, 6) is -2.27. The molecular formula is C13H15F2NO2. The molecule has 1 aromatic carbocycles. The molecule has 0 amide bonds. The van der Waals surface area contributed by atoms with Crippen molar-refractivity contribution in [2.75, 3.05) is 6.54 Å². The molecule has 1 saturated carbocycles. The van der Waals surface area contributed by atoms with Gasteiger partial charge in [0.1, 0.15) is 17.2 Å². The summed E-state index contributed by atoms with van der Waals surface area (Å²) in [6.45, 7) is 1.92. The van der Waals surface area contributed by atoms with Gasteiger partial charge in [-0.2, -0.15) is 0 Å². The summed E-state index contributed by atoms with van der Waals surface area (Å²) in [7, 11) is 0. The van der Waals surface area contributed by atoms with E-state index in [9.17, 15) is 18.7 Å². The van der Waals surface area contributed by atoms with Gasteiger partial charge in [-0.3, -0.25) is 5.32 Å². The average Bonchev–Trinajstić information content (AvgIpc) is 3.09. The minimum Gasteiger partial charge on any atom is -0.480 e. The van der Waals surface area contributed by atoms with Gasteiger partial charge in [0.05, 0.1) is 0 Å². The topological polar surface area (TPSA) is 49.3 Å². The fourth-order valence-electron chi connectivity index (χ4n) is 1.85. The third kappa shape index (κ3) is 2.51. The number of nitrogens with one attached hydrogen (secondary N) is 1. The van der Waals surface area contributed by atoms with E-state index < -0.39 is 23.1 Å². The number of benzene rings is 1. The largest absolute Gasteiger partial charge is 0.480 e. The Bertz CT molecular complexity index is 474. The van der Waals surface area contributed by atoms with Crippen molar-refractivity contribution >= 4 is 5.97 Å². The van der Waals surface area contributed by atoms with Crippen LogP contribution in [0.3, 0.4) is 0 Å². The van der Waals surface area contributed by atoms with Crippen molar-refractivity contribution in [2.45, 2.75) is 25.3 Å². The lowest BCUT2D eigenvalue weighted by molar-refractivity contribution is -0.144. The van der Waals surface area contributed by atoms with Gasteiger partial charge in [-0.15, -0.1) is 0 Å². The highest BCUT2D eigenvalue weighted by molar-refractivity contribution is 5.80. The number of halogens is 2. The first-order valence-electron chi connectivity index (χ1n) is 5.87. The summed E-state index contributed by atoms with van der Waals surface area (Å²) < 4.78 is 26.6. The second-order valence-electron chi connectivity index (χ2n) is 4.88. The summed E-state index contributed by atoms with van der Waals surface area (Å²) in [5.41, 5.74) is -1.57. The zero-order chi connectivity index (χ0) is 13.3. The van der Waals surface area contributed by atoms with Gasteiger partial charge in [0.25, 0.3) is 0 Å². The molecule has 18 heavy (non-hydrogen) atoms. The van der Waals surface area contributed by atoms with Crippen LogP contribution in [0.2, 0.25) is 0 Å². The molecule has 0 bridgehead atoms. The lowest BCUT2D eigenvalue weighted by atomic mass is 9.91. The Hall–Kier alpha value is -1.49. The number of hydrogen-bond acceptors (Lipinski definition) is 2. The summed E-state index contributed by atoms with van der Waals surface area (Å²) in [4.78, 5) is 11.4. The Morgan fingerprint density at radius 3 is 2.67 bits per heavy atom. The van der Waals surface area contributed by atoms with Crippen LogP contribution in [0, 0.1) is 17.6 Å². The zero-order valence-corrected chi connectivity index (χ0v) is 10.0. The monoisotopic (exact) mass is 255 g/mol. The van der Waals surface area contributed by atoms with E-state index >= 15 is 0 Å². The Balaban J connectivity index is 2.29. The number of aliphatic carboxylic acids is 1. The van der Waals surface area contributed by atoms with Gasteiger partial charge in [0.2, 0.25) is 0 Å². The molecule has 0 aromatic heterocycles. The highest BCUT2D eigenvalue weighted by Gasteiger charge is 2.38. The van der Waals surface area contributed by atoms with E-state index in [1.54, 1.807) is 0 Å². The van der Waals surface area contributed by atoms with Crippen LogP contribution in [0.5, 0.6) is 0 Å². The highest BCUT2D eigenvalue weighted by Crippen LogP contribution is 2.31. The van der Waals surface area contributed by atoms with E-state index in [1.165, 1.54) is 13.0 Å². The second-order valence-corrected chi connectivity index (χ2v) is 4.88. The van der Waals surface area contributed by atoms with E-state index in [-0.39, 0.29) is 5.56 Å². The van der Waals surface area contributed by atoms with Crippen molar-refractivity contribution in [3.8, 4) is 0 Å². The smallest absolute Gasteiger partial charge is 0.328 e. The summed E-state index contributed by atoms with van der Waals surface area (Å²) in [6.07, 6.45) is 2.13. The molecule has 0 spiro atoms. The first-order valence-corrected chi connectivity index (χ1v) is 5.87. The molecule has 1 unspecified atom stereocenters. The van der Waals surface area contributed by atoms with E-state index in [0.29, 0.717) is 18.5 Å². The van der Waals surface area contributed by atoms with Crippen LogP contribution in [0.15, 0.2) is 18.2 Å². The average molecular weight is 255 g/mol. The Morgan fingerprint density at radius 2 is 2.17 bits per heavy atom. The molecule has 3 nitrogen and oxygen atoms in total. The maximum absolute atomic E-state index is 13.7. The minimum atomic E-state index is -1.53. The van der Waals surface area contributed by atoms with Crippen LogP contribution in [-0.2, 0) is 10.3 Å². The Labute approximate surface area is 104 Å². The van der Waals surface area contributed by atoms with Crippen LogP contribution >= 0.6 is 0 Å². The van der Waals surface area contributed by atoms with Crippen molar-refractivity contribution in [1.82, 2.24) is 5.32 Å². The van der Waals surface area contributed by atoms with Crippen molar-refractivity contribution in [3.05, 3.63) is 35.4 Å². The zero-order valence-electron chi connectivity index (χ0n) is 10.0. The van der Waals surface area contributed by atoms with Crippen LogP contribution in [-0.4, -0.2) is 17.6 Å². The number of carbonyl (C=O) groups is 1. The molecule has 2 rings (SSSR count). The maximum Gasteiger partial charge on any atom is 0.328 e. The van der Waals surface area contributed by atoms with Gasteiger partial charge in [-0.05, 0) is 38.3 Å². The lowest BCUT2D eigenvalue weighted by Crippen LogP contribution is -2.48. The van der Waals surface area contributed by atoms with Gasteiger partial charge >= 0.3 is 5.97 Å². The molecule has 0 saturated heterocycles. The number of carboxylic acids is 1. The molecule has 1 fully saturated rings. The molecule has 2 N–H and O–H groups in total. The Morgan fingerprint density at radius 1 is 1.50 bits per heavy atom. The normalized spacial score (nSPS) is 18.4. The number of carboxylic acid groups (broad SMARTS) is 1. The minimum absolute atomic E-state index is 0.0444. The third-order valence-electron chi connectivity index (χ3n) is 3.34. The molecule has 1 aliphatic carbocycles. The molecule has 0 radical (unpaired) electrons. The van der Waals surface area contributed by atoms with Crippen LogP contribution in [0.25, 0.3) is 0 Å². The summed E-state index contributed by atoms with van der Waals surface area (Å²) >= 11 is 0. The van der Waals surface area contributed by atoms with Gasteiger partial charge in [-0.25, -0.2) is 13.6 Å². The summed E-state index contributed by atoms with van der Waals surface area (Å²) in [5, 5.41) is 12.2. The van der Waals surface area contributed by atoms with Crippen LogP contribution < -0.4 is 5.32 Å². The first kappa shape index (κ1) is 13.0. The second kappa shape index (κ2) is 4.65. The van der Waals surface area contributed by atoms with Crippen LogP contribution in [0.1, 0.15) is 25.3 Å². The van der Waals surface area contributed by atoms with E-state index in [4.69, 9.17) is 0 Å². The van der Waals surface area contributed by atoms with Gasteiger partial charge < -0.3 is 5.11 Å². The fourth-order valence-corrected chi connectivity index (χ4v) is 1.85. The fraction of sp³-hybridized carbons (Fsp3) is 0.462. The maximum atomic E-state index is 13.7.